The maximum Gasteiger partial charge on any atom is 0.221 e. The van der Waals surface area contributed by atoms with E-state index in [9.17, 15) is 4.39 Å². The third kappa shape index (κ3) is 2.86. The van der Waals surface area contributed by atoms with E-state index in [2.05, 4.69) is 18.1 Å². The van der Waals surface area contributed by atoms with Crippen LogP contribution in [0.2, 0.25) is 0 Å². The van der Waals surface area contributed by atoms with Crippen molar-refractivity contribution in [1.82, 2.24) is 4.98 Å². The average molecular weight is 191 g/mol. The molecule has 3 heteroatoms. The first kappa shape index (κ1) is 10.2. The van der Waals surface area contributed by atoms with Crippen molar-refractivity contribution in [3.8, 4) is 5.88 Å². The number of ether oxygens (including phenoxy) is 1. The molecule has 0 aliphatic rings. The van der Waals surface area contributed by atoms with Crippen LogP contribution < -0.4 is 4.74 Å². The van der Waals surface area contributed by atoms with Gasteiger partial charge >= 0.3 is 0 Å². The largest absolute Gasteiger partial charge is 0.439 e. The van der Waals surface area contributed by atoms with Crippen LogP contribution in [0, 0.1) is 5.95 Å². The summed E-state index contributed by atoms with van der Waals surface area (Å²) in [7, 11) is 0. The van der Waals surface area contributed by atoms with Crippen LogP contribution in [-0.2, 0) is 0 Å². The quantitative estimate of drug-likeness (QED) is 0.414. The Hall–Kier alpha value is -1.90. The van der Waals surface area contributed by atoms with E-state index >= 15 is 0 Å². The van der Waals surface area contributed by atoms with Crippen LogP contribution in [0.4, 0.5) is 4.39 Å². The molecule has 0 N–H and O–H groups in total. The minimum atomic E-state index is -0.579. The van der Waals surface area contributed by atoms with Gasteiger partial charge in [0, 0.05) is 6.07 Å². The van der Waals surface area contributed by atoms with Crippen molar-refractivity contribution in [2.45, 2.75) is 0 Å². The lowest BCUT2D eigenvalue weighted by molar-refractivity contribution is 0.414. The highest BCUT2D eigenvalue weighted by Crippen LogP contribution is 2.11. The second-order valence-electron chi connectivity index (χ2n) is 2.41. The van der Waals surface area contributed by atoms with Crippen LogP contribution in [0.3, 0.4) is 0 Å². The third-order valence-electron chi connectivity index (χ3n) is 1.40. The number of pyridine rings is 1. The molecule has 0 saturated heterocycles. The van der Waals surface area contributed by atoms with Crippen LogP contribution in [0.5, 0.6) is 5.88 Å². The molecule has 0 radical (unpaired) electrons. The van der Waals surface area contributed by atoms with E-state index in [-0.39, 0.29) is 5.88 Å². The first-order chi connectivity index (χ1) is 6.76. The summed E-state index contributed by atoms with van der Waals surface area (Å²) in [6.07, 6.45) is 4.66. The van der Waals surface area contributed by atoms with Crippen molar-refractivity contribution in [2.24, 2.45) is 0 Å². The minimum Gasteiger partial charge on any atom is -0.439 e. The molecular formula is C11H10FNO. The van der Waals surface area contributed by atoms with Gasteiger partial charge in [-0.1, -0.05) is 25.3 Å². The monoisotopic (exact) mass is 191 g/mol. The molecule has 0 amide bonds. The standard InChI is InChI=1S/C11H10FNO/c1-3-6-9(4-2)14-11-8-5-7-10(12)13-11/h3-8H,1-2H2/b9-6+. The molecule has 0 aliphatic carbocycles. The van der Waals surface area contributed by atoms with Crippen LogP contribution in [-0.4, -0.2) is 4.98 Å². The van der Waals surface area contributed by atoms with Crippen molar-refractivity contribution in [1.29, 1.82) is 0 Å². The maximum absolute atomic E-state index is 12.7. The number of allylic oxidation sites excluding steroid dienone is 3. The lowest BCUT2D eigenvalue weighted by atomic mass is 10.4. The molecule has 72 valence electrons. The Kier molecular flexibility index (Phi) is 3.61. The third-order valence-corrected chi connectivity index (χ3v) is 1.40. The summed E-state index contributed by atoms with van der Waals surface area (Å²) in [4.78, 5) is 3.53. The van der Waals surface area contributed by atoms with E-state index < -0.39 is 5.95 Å². The molecule has 2 nitrogen and oxygen atoms in total. The van der Waals surface area contributed by atoms with Gasteiger partial charge in [-0.3, -0.25) is 0 Å². The fraction of sp³-hybridized carbons (Fsp3) is 0. The van der Waals surface area contributed by atoms with E-state index in [1.165, 1.54) is 18.2 Å². The maximum atomic E-state index is 12.7. The average Bonchev–Trinajstić information content (AvgIpc) is 2.17. The predicted molar refractivity (Wildman–Crippen MR) is 53.3 cm³/mol. The molecule has 0 spiro atoms. The minimum absolute atomic E-state index is 0.193. The van der Waals surface area contributed by atoms with Gasteiger partial charge in [-0.05, 0) is 18.2 Å². The Bertz CT molecular complexity index is 371. The SMILES string of the molecule is C=C/C=C(\C=C)Oc1cccc(F)n1. The number of hydrogen-bond donors (Lipinski definition) is 0. The number of hydrogen-bond acceptors (Lipinski definition) is 2. The first-order valence-electron chi connectivity index (χ1n) is 4.02. The van der Waals surface area contributed by atoms with Gasteiger partial charge in [-0.2, -0.15) is 9.37 Å². The second-order valence-corrected chi connectivity index (χ2v) is 2.41. The molecular weight excluding hydrogens is 181 g/mol. The summed E-state index contributed by atoms with van der Waals surface area (Å²) in [5.74, 6) is 0.0839. The highest BCUT2D eigenvalue weighted by molar-refractivity contribution is 5.21. The zero-order valence-electron chi connectivity index (χ0n) is 7.61. The molecule has 0 atom stereocenters. The molecule has 14 heavy (non-hydrogen) atoms. The van der Waals surface area contributed by atoms with Gasteiger partial charge in [0.2, 0.25) is 11.8 Å². The smallest absolute Gasteiger partial charge is 0.221 e. The lowest BCUT2D eigenvalue weighted by Gasteiger charge is -2.03. The predicted octanol–water partition coefficient (Wildman–Crippen LogP) is 2.86. The zero-order chi connectivity index (χ0) is 10.4. The Balaban J connectivity index is 2.82. The van der Waals surface area contributed by atoms with Crippen LogP contribution in [0.15, 0.2) is 55.3 Å². The number of nitrogens with zero attached hydrogens (tertiary/aromatic N) is 1. The summed E-state index contributed by atoms with van der Waals surface area (Å²) in [5, 5.41) is 0. The fourth-order valence-corrected chi connectivity index (χ4v) is 0.827. The molecule has 1 aromatic heterocycles. The zero-order valence-corrected chi connectivity index (χ0v) is 7.61. The molecule has 1 heterocycles. The van der Waals surface area contributed by atoms with Gasteiger partial charge in [-0.25, -0.2) is 0 Å². The van der Waals surface area contributed by atoms with Crippen LogP contribution >= 0.6 is 0 Å². The van der Waals surface area contributed by atoms with Crippen molar-refractivity contribution >= 4 is 0 Å². The summed E-state index contributed by atoms with van der Waals surface area (Å²) >= 11 is 0. The van der Waals surface area contributed by atoms with Crippen molar-refractivity contribution in [3.63, 3.8) is 0 Å². The highest BCUT2D eigenvalue weighted by Gasteiger charge is 1.98. The van der Waals surface area contributed by atoms with E-state index in [1.54, 1.807) is 18.2 Å². The van der Waals surface area contributed by atoms with Crippen LogP contribution in [0.1, 0.15) is 0 Å². The number of halogens is 1. The Morgan fingerprint density at radius 1 is 1.43 bits per heavy atom. The molecule has 0 aliphatic heterocycles. The van der Waals surface area contributed by atoms with E-state index in [1.807, 2.05) is 0 Å². The topological polar surface area (TPSA) is 22.1 Å². The lowest BCUT2D eigenvalue weighted by Crippen LogP contribution is -1.95. The van der Waals surface area contributed by atoms with Gasteiger partial charge in [0.1, 0.15) is 5.76 Å². The van der Waals surface area contributed by atoms with Gasteiger partial charge in [0.05, 0.1) is 0 Å². The fourth-order valence-electron chi connectivity index (χ4n) is 0.827. The molecule has 0 fully saturated rings. The van der Waals surface area contributed by atoms with Gasteiger partial charge in [0.25, 0.3) is 0 Å². The molecule has 0 aromatic carbocycles. The summed E-state index contributed by atoms with van der Waals surface area (Å²) in [6.45, 7) is 7.04. The normalized spacial score (nSPS) is 10.8. The first-order valence-corrected chi connectivity index (χ1v) is 4.02. The van der Waals surface area contributed by atoms with Crippen molar-refractivity contribution in [3.05, 3.63) is 61.3 Å². The molecule has 1 aromatic rings. The van der Waals surface area contributed by atoms with E-state index in [0.29, 0.717) is 5.76 Å². The van der Waals surface area contributed by atoms with Gasteiger partial charge < -0.3 is 4.74 Å². The van der Waals surface area contributed by atoms with E-state index in [0.717, 1.165) is 0 Å². The Morgan fingerprint density at radius 2 is 2.21 bits per heavy atom. The van der Waals surface area contributed by atoms with Crippen molar-refractivity contribution in [2.75, 3.05) is 0 Å². The Morgan fingerprint density at radius 3 is 2.79 bits per heavy atom. The van der Waals surface area contributed by atoms with Gasteiger partial charge in [0.15, 0.2) is 0 Å². The Labute approximate surface area is 82.1 Å². The molecule has 1 rings (SSSR count). The molecule has 0 unspecified atom stereocenters. The molecule has 0 bridgehead atoms. The summed E-state index contributed by atoms with van der Waals surface area (Å²) in [5.41, 5.74) is 0. The van der Waals surface area contributed by atoms with Crippen LogP contribution in [0.25, 0.3) is 0 Å². The number of aromatic nitrogens is 1. The summed E-state index contributed by atoms with van der Waals surface area (Å²) in [6, 6.07) is 4.33. The number of rotatable bonds is 4. The molecule has 0 saturated carbocycles. The summed E-state index contributed by atoms with van der Waals surface area (Å²) < 4.78 is 17.9. The second kappa shape index (κ2) is 4.97. The van der Waals surface area contributed by atoms with Crippen molar-refractivity contribution < 1.29 is 9.13 Å². The highest BCUT2D eigenvalue weighted by atomic mass is 19.1. The van der Waals surface area contributed by atoms with E-state index in [4.69, 9.17) is 4.74 Å². The van der Waals surface area contributed by atoms with Gasteiger partial charge in [-0.15, -0.1) is 0 Å².